The summed E-state index contributed by atoms with van der Waals surface area (Å²) in [5.74, 6) is 1.87. The Bertz CT molecular complexity index is 1340. The van der Waals surface area contributed by atoms with Crippen LogP contribution in [0.3, 0.4) is 0 Å². The molecule has 4 aromatic rings. The molecule has 0 spiro atoms. The smallest absolute Gasteiger partial charge is 0.228 e. The number of amides is 1. The fourth-order valence-corrected chi connectivity index (χ4v) is 4.29. The Kier molecular flexibility index (Phi) is 7.94. The summed E-state index contributed by atoms with van der Waals surface area (Å²) in [6, 6.07) is 15.5. The summed E-state index contributed by atoms with van der Waals surface area (Å²) in [6.07, 6.45) is 0.232. The van der Waals surface area contributed by atoms with Crippen LogP contribution in [0.2, 0.25) is 0 Å². The van der Waals surface area contributed by atoms with Crippen molar-refractivity contribution in [2.24, 2.45) is 0 Å². The van der Waals surface area contributed by atoms with Crippen LogP contribution in [-0.2, 0) is 17.9 Å². The maximum Gasteiger partial charge on any atom is 0.228 e. The van der Waals surface area contributed by atoms with Crippen LogP contribution in [0.5, 0.6) is 5.75 Å². The van der Waals surface area contributed by atoms with Gasteiger partial charge in [0.2, 0.25) is 11.9 Å². The number of fused-ring (bicyclic) bond motifs is 1. The molecule has 0 radical (unpaired) electrons. The molecule has 4 rings (SSSR count). The van der Waals surface area contributed by atoms with Crippen LogP contribution in [0.4, 0.5) is 5.95 Å². The van der Waals surface area contributed by atoms with Gasteiger partial charge in [0.05, 0.1) is 18.1 Å². The molecule has 0 aliphatic rings. The van der Waals surface area contributed by atoms with E-state index in [4.69, 9.17) is 17.0 Å². The van der Waals surface area contributed by atoms with Crippen LogP contribution in [0, 0.1) is 4.77 Å². The van der Waals surface area contributed by atoms with Crippen molar-refractivity contribution in [2.75, 3.05) is 32.1 Å². The summed E-state index contributed by atoms with van der Waals surface area (Å²) in [5, 5.41) is 10.2. The second-order valence-corrected chi connectivity index (χ2v) is 8.52. The van der Waals surface area contributed by atoms with Crippen molar-refractivity contribution < 1.29 is 9.53 Å². The quantitative estimate of drug-likeness (QED) is 0.302. The summed E-state index contributed by atoms with van der Waals surface area (Å²) in [4.78, 5) is 20.0. The molecule has 0 unspecified atom stereocenters. The largest absolute Gasteiger partial charge is 0.497 e. The van der Waals surface area contributed by atoms with Crippen molar-refractivity contribution in [1.82, 2.24) is 29.2 Å². The van der Waals surface area contributed by atoms with Crippen molar-refractivity contribution in [2.45, 2.75) is 33.4 Å². The van der Waals surface area contributed by atoms with Gasteiger partial charge in [0.25, 0.3) is 0 Å². The molecule has 2 N–H and O–H groups in total. The van der Waals surface area contributed by atoms with Crippen molar-refractivity contribution in [3.8, 4) is 17.1 Å². The molecule has 10 heteroatoms. The Morgan fingerprint density at radius 3 is 2.54 bits per heavy atom. The molecule has 0 aliphatic heterocycles. The number of aromatic nitrogens is 5. The molecular weight excluding hydrogens is 462 g/mol. The first kappa shape index (κ1) is 24.6. The third-order valence-electron chi connectivity index (χ3n) is 6.11. The first-order chi connectivity index (χ1) is 17.0. The van der Waals surface area contributed by atoms with Gasteiger partial charge in [-0.3, -0.25) is 19.8 Å². The molecule has 0 saturated carbocycles. The van der Waals surface area contributed by atoms with Gasteiger partial charge in [-0.15, -0.1) is 0 Å². The fraction of sp³-hybridized carbons (Fsp3) is 0.360. The lowest BCUT2D eigenvalue weighted by atomic mass is 10.2. The monoisotopic (exact) mass is 493 g/mol. The second kappa shape index (κ2) is 11.3. The fourth-order valence-electron chi connectivity index (χ4n) is 4.06. The van der Waals surface area contributed by atoms with Gasteiger partial charge in [-0.2, -0.15) is 5.10 Å². The number of hydrogen-bond donors (Lipinski definition) is 2. The molecule has 35 heavy (non-hydrogen) atoms. The van der Waals surface area contributed by atoms with E-state index < -0.39 is 0 Å². The number of imidazole rings is 1. The van der Waals surface area contributed by atoms with Gasteiger partial charge in [0.1, 0.15) is 5.75 Å². The van der Waals surface area contributed by atoms with Crippen LogP contribution < -0.4 is 10.1 Å². The Morgan fingerprint density at radius 1 is 1.09 bits per heavy atom. The number of carbonyl (C=O) groups is 1. The van der Waals surface area contributed by atoms with Crippen molar-refractivity contribution in [1.29, 1.82) is 0 Å². The Labute approximate surface area is 209 Å². The van der Waals surface area contributed by atoms with E-state index in [-0.39, 0.29) is 12.3 Å². The molecule has 2 heterocycles. The highest BCUT2D eigenvalue weighted by atomic mass is 32.1. The number of methoxy groups -OCH3 is 1. The Morgan fingerprint density at radius 2 is 1.83 bits per heavy atom. The van der Waals surface area contributed by atoms with Crippen LogP contribution in [0.25, 0.3) is 22.4 Å². The zero-order valence-electron chi connectivity index (χ0n) is 20.3. The molecule has 0 saturated heterocycles. The van der Waals surface area contributed by atoms with Gasteiger partial charge in [-0.25, -0.2) is 4.98 Å². The average Bonchev–Trinajstić information content (AvgIpc) is 3.43. The molecular formula is C25H31N7O2S. The SMILES string of the molecule is CCN(CC)CCn1c(NC(=O)CCn2c(-c3ccc(OC)cc3)n[nH]c2=S)nc2ccccc21. The van der Waals surface area contributed by atoms with Gasteiger partial charge in [0, 0.05) is 31.6 Å². The number of carbonyl (C=O) groups excluding carboxylic acids is 1. The predicted molar refractivity (Wildman–Crippen MR) is 140 cm³/mol. The number of nitrogens with one attached hydrogen (secondary N) is 2. The highest BCUT2D eigenvalue weighted by Crippen LogP contribution is 2.22. The number of anilines is 1. The van der Waals surface area contributed by atoms with Gasteiger partial charge >= 0.3 is 0 Å². The van der Waals surface area contributed by atoms with Crippen LogP contribution in [0.15, 0.2) is 48.5 Å². The van der Waals surface area contributed by atoms with E-state index in [1.165, 1.54) is 0 Å². The van der Waals surface area contributed by atoms with Crippen LogP contribution in [0.1, 0.15) is 20.3 Å². The van der Waals surface area contributed by atoms with E-state index in [2.05, 4.69) is 43.8 Å². The van der Waals surface area contributed by atoms with Gasteiger partial charge in [0.15, 0.2) is 10.6 Å². The van der Waals surface area contributed by atoms with Crippen molar-refractivity contribution in [3.63, 3.8) is 0 Å². The van der Waals surface area contributed by atoms with Crippen molar-refractivity contribution >= 4 is 35.1 Å². The topological polar surface area (TPSA) is 93.0 Å². The molecule has 1 amide bonds. The number of aromatic amines is 1. The van der Waals surface area contributed by atoms with E-state index in [1.807, 2.05) is 53.1 Å². The lowest BCUT2D eigenvalue weighted by Crippen LogP contribution is -2.27. The van der Waals surface area contributed by atoms with E-state index in [0.717, 1.165) is 48.5 Å². The Balaban J connectivity index is 1.49. The third-order valence-corrected chi connectivity index (χ3v) is 6.42. The lowest BCUT2D eigenvalue weighted by Gasteiger charge is -2.19. The highest BCUT2D eigenvalue weighted by molar-refractivity contribution is 7.71. The van der Waals surface area contributed by atoms with Crippen LogP contribution in [-0.4, -0.2) is 61.9 Å². The maximum absolute atomic E-state index is 13.0. The zero-order chi connectivity index (χ0) is 24.8. The number of likely N-dealkylation sites (N-methyl/N-ethyl adjacent to an activating group) is 1. The first-order valence-corrected chi connectivity index (χ1v) is 12.2. The minimum absolute atomic E-state index is 0.131. The third kappa shape index (κ3) is 5.60. The molecule has 0 atom stereocenters. The molecule has 184 valence electrons. The predicted octanol–water partition coefficient (Wildman–Crippen LogP) is 4.34. The number of benzene rings is 2. The minimum atomic E-state index is -0.131. The van der Waals surface area contributed by atoms with Crippen LogP contribution >= 0.6 is 12.2 Å². The van der Waals surface area contributed by atoms with E-state index in [0.29, 0.717) is 23.1 Å². The van der Waals surface area contributed by atoms with Gasteiger partial charge < -0.3 is 14.2 Å². The van der Waals surface area contributed by atoms with Crippen molar-refractivity contribution in [3.05, 3.63) is 53.3 Å². The number of para-hydroxylation sites is 2. The molecule has 2 aromatic carbocycles. The second-order valence-electron chi connectivity index (χ2n) is 8.13. The van der Waals surface area contributed by atoms with E-state index >= 15 is 0 Å². The summed E-state index contributed by atoms with van der Waals surface area (Å²) < 4.78 is 9.61. The number of rotatable bonds is 11. The summed E-state index contributed by atoms with van der Waals surface area (Å²) >= 11 is 5.42. The zero-order valence-corrected chi connectivity index (χ0v) is 21.1. The molecule has 0 fully saturated rings. The van der Waals surface area contributed by atoms with E-state index in [1.54, 1.807) is 7.11 Å². The molecule has 0 bridgehead atoms. The normalized spacial score (nSPS) is 11.3. The average molecular weight is 494 g/mol. The number of H-pyrrole nitrogens is 1. The molecule has 9 nitrogen and oxygen atoms in total. The molecule has 0 aliphatic carbocycles. The standard InChI is InChI=1S/C25H31N7O2S/c1-4-30(5-2)16-17-31-21-9-7-6-8-20(21)26-24(31)27-22(33)14-15-32-23(28-29-25(32)35)18-10-12-19(34-3)13-11-18/h6-13H,4-5,14-17H2,1-3H3,(H,29,35)(H,26,27,33). The number of hydrogen-bond acceptors (Lipinski definition) is 6. The lowest BCUT2D eigenvalue weighted by molar-refractivity contribution is -0.116. The summed E-state index contributed by atoms with van der Waals surface area (Å²) in [6.45, 7) is 8.28. The molecule has 2 aromatic heterocycles. The van der Waals surface area contributed by atoms with Gasteiger partial charge in [-0.05, 0) is 61.7 Å². The minimum Gasteiger partial charge on any atom is -0.497 e. The first-order valence-electron chi connectivity index (χ1n) is 11.8. The summed E-state index contributed by atoms with van der Waals surface area (Å²) in [5.41, 5.74) is 2.76. The van der Waals surface area contributed by atoms with E-state index in [9.17, 15) is 4.79 Å². The summed E-state index contributed by atoms with van der Waals surface area (Å²) in [7, 11) is 1.63. The number of nitrogens with zero attached hydrogens (tertiary/aromatic N) is 5. The van der Waals surface area contributed by atoms with Gasteiger partial charge in [-0.1, -0.05) is 26.0 Å². The number of ether oxygens (including phenoxy) is 1. The highest BCUT2D eigenvalue weighted by Gasteiger charge is 2.15. The Hall–Kier alpha value is -3.50. The maximum atomic E-state index is 13.0.